The smallest absolute Gasteiger partial charge is 0.227 e. The minimum atomic E-state index is 0.198. The fraction of sp³-hybridized carbons (Fsp3) is 0.476. The summed E-state index contributed by atoms with van der Waals surface area (Å²) in [5.74, 6) is 0.971. The molecule has 2 aromatic rings. The second-order valence-corrected chi connectivity index (χ2v) is 7.92. The molecule has 3 rings (SSSR count). The van der Waals surface area contributed by atoms with Crippen molar-refractivity contribution in [2.24, 2.45) is 4.99 Å². The van der Waals surface area contributed by atoms with Crippen LogP contribution >= 0.6 is 11.3 Å². The van der Waals surface area contributed by atoms with Crippen LogP contribution in [0.3, 0.4) is 0 Å². The van der Waals surface area contributed by atoms with Crippen LogP contribution < -0.4 is 15.5 Å². The summed E-state index contributed by atoms with van der Waals surface area (Å²) in [7, 11) is 0. The van der Waals surface area contributed by atoms with Crippen molar-refractivity contribution < 1.29 is 4.79 Å². The SMILES string of the molecule is CCNC(=NCc1ncc(CC)s1)NCCCC(=O)N1CCc2ccccc21. The van der Waals surface area contributed by atoms with Gasteiger partial charge in [-0.1, -0.05) is 25.1 Å². The molecule has 0 saturated heterocycles. The fourth-order valence-electron chi connectivity index (χ4n) is 3.25. The molecule has 2 N–H and O–H groups in total. The number of carbonyl (C=O) groups excluding carboxylic acids is 1. The van der Waals surface area contributed by atoms with E-state index in [1.165, 1.54) is 10.4 Å². The molecule has 150 valence electrons. The zero-order valence-electron chi connectivity index (χ0n) is 16.7. The zero-order valence-corrected chi connectivity index (χ0v) is 17.5. The molecule has 6 nitrogen and oxygen atoms in total. The molecule has 2 heterocycles. The molecule has 1 amide bonds. The van der Waals surface area contributed by atoms with Gasteiger partial charge < -0.3 is 15.5 Å². The van der Waals surface area contributed by atoms with Crippen LogP contribution in [0.1, 0.15) is 42.1 Å². The molecular weight excluding hydrogens is 370 g/mol. The second kappa shape index (κ2) is 10.2. The molecule has 0 spiro atoms. The van der Waals surface area contributed by atoms with Gasteiger partial charge in [0.05, 0.1) is 6.54 Å². The first kappa shape index (κ1) is 20.3. The van der Waals surface area contributed by atoms with Gasteiger partial charge >= 0.3 is 0 Å². The number of para-hydroxylation sites is 1. The molecule has 0 radical (unpaired) electrons. The number of rotatable bonds is 8. The molecule has 28 heavy (non-hydrogen) atoms. The summed E-state index contributed by atoms with van der Waals surface area (Å²) in [5.41, 5.74) is 2.34. The van der Waals surface area contributed by atoms with Crippen molar-refractivity contribution in [3.8, 4) is 0 Å². The summed E-state index contributed by atoms with van der Waals surface area (Å²) < 4.78 is 0. The normalized spacial score (nSPS) is 13.5. The van der Waals surface area contributed by atoms with Crippen molar-refractivity contribution in [1.82, 2.24) is 15.6 Å². The molecule has 0 fully saturated rings. The number of benzene rings is 1. The summed E-state index contributed by atoms with van der Waals surface area (Å²) in [5, 5.41) is 7.60. The maximum atomic E-state index is 12.6. The lowest BCUT2D eigenvalue weighted by Crippen LogP contribution is -2.38. The summed E-state index contributed by atoms with van der Waals surface area (Å²) in [6, 6.07) is 8.18. The average Bonchev–Trinajstić information content (AvgIpc) is 3.35. The maximum absolute atomic E-state index is 12.6. The lowest BCUT2D eigenvalue weighted by atomic mass is 10.2. The molecule has 1 aromatic carbocycles. The van der Waals surface area contributed by atoms with E-state index in [0.29, 0.717) is 19.5 Å². The van der Waals surface area contributed by atoms with Crippen molar-refractivity contribution in [3.05, 3.63) is 45.9 Å². The highest BCUT2D eigenvalue weighted by atomic mass is 32.1. The predicted octanol–water partition coefficient (Wildman–Crippen LogP) is 3.13. The van der Waals surface area contributed by atoms with E-state index in [4.69, 9.17) is 0 Å². The van der Waals surface area contributed by atoms with Gasteiger partial charge in [-0.15, -0.1) is 11.3 Å². The first-order valence-corrected chi connectivity index (χ1v) is 10.9. The topological polar surface area (TPSA) is 69.6 Å². The number of aliphatic imine (C=N–C) groups is 1. The Morgan fingerprint density at radius 2 is 2.14 bits per heavy atom. The quantitative estimate of drug-likeness (QED) is 0.406. The van der Waals surface area contributed by atoms with E-state index in [9.17, 15) is 4.79 Å². The molecule has 1 aromatic heterocycles. The molecule has 7 heteroatoms. The number of anilines is 1. The van der Waals surface area contributed by atoms with Crippen molar-refractivity contribution in [2.45, 2.75) is 46.1 Å². The number of hydrogen-bond donors (Lipinski definition) is 2. The van der Waals surface area contributed by atoms with Crippen molar-refractivity contribution in [1.29, 1.82) is 0 Å². The highest BCUT2D eigenvalue weighted by Crippen LogP contribution is 2.27. The number of hydrogen-bond acceptors (Lipinski definition) is 4. The highest BCUT2D eigenvalue weighted by molar-refractivity contribution is 7.11. The Balaban J connectivity index is 1.44. The lowest BCUT2D eigenvalue weighted by molar-refractivity contribution is -0.118. The third-order valence-corrected chi connectivity index (χ3v) is 5.84. The Hall–Kier alpha value is -2.41. The third kappa shape index (κ3) is 5.32. The number of fused-ring (bicyclic) bond motifs is 1. The molecular formula is C21H29N5OS. The van der Waals surface area contributed by atoms with Crippen molar-refractivity contribution in [3.63, 3.8) is 0 Å². The number of aromatic nitrogens is 1. The maximum Gasteiger partial charge on any atom is 0.227 e. The van der Waals surface area contributed by atoms with Crippen LogP contribution in [0, 0.1) is 0 Å². The second-order valence-electron chi connectivity index (χ2n) is 6.72. The Morgan fingerprint density at radius 3 is 2.93 bits per heavy atom. The minimum Gasteiger partial charge on any atom is -0.357 e. The van der Waals surface area contributed by atoms with E-state index in [1.807, 2.05) is 36.2 Å². The first-order chi connectivity index (χ1) is 13.7. The van der Waals surface area contributed by atoms with Gasteiger partial charge in [-0.05, 0) is 37.8 Å². The van der Waals surface area contributed by atoms with Crippen molar-refractivity contribution in [2.75, 3.05) is 24.5 Å². The summed E-state index contributed by atoms with van der Waals surface area (Å²) in [4.78, 5) is 24.8. The molecule has 0 unspecified atom stereocenters. The summed E-state index contributed by atoms with van der Waals surface area (Å²) in [6.07, 6.45) is 5.20. The minimum absolute atomic E-state index is 0.198. The van der Waals surface area contributed by atoms with Crippen LogP contribution in [0.4, 0.5) is 5.69 Å². The monoisotopic (exact) mass is 399 g/mol. The van der Waals surface area contributed by atoms with Gasteiger partial charge in [0.25, 0.3) is 0 Å². The van der Waals surface area contributed by atoms with E-state index >= 15 is 0 Å². The van der Waals surface area contributed by atoms with Gasteiger partial charge in [0.15, 0.2) is 5.96 Å². The molecule has 0 bridgehead atoms. The highest BCUT2D eigenvalue weighted by Gasteiger charge is 2.23. The van der Waals surface area contributed by atoms with Crippen LogP contribution in [-0.4, -0.2) is 36.5 Å². The molecule has 0 saturated carbocycles. The number of guanidine groups is 1. The van der Waals surface area contributed by atoms with Crippen LogP contribution in [0.2, 0.25) is 0 Å². The van der Waals surface area contributed by atoms with Crippen LogP contribution in [0.15, 0.2) is 35.5 Å². The number of carbonyl (C=O) groups is 1. The Morgan fingerprint density at radius 1 is 1.29 bits per heavy atom. The van der Waals surface area contributed by atoms with Gasteiger partial charge in [0.2, 0.25) is 5.91 Å². The summed E-state index contributed by atoms with van der Waals surface area (Å²) >= 11 is 1.71. The summed E-state index contributed by atoms with van der Waals surface area (Å²) in [6.45, 7) is 7.06. The Bertz CT molecular complexity index is 817. The van der Waals surface area contributed by atoms with E-state index in [0.717, 1.165) is 49.0 Å². The molecule has 0 atom stereocenters. The van der Waals surface area contributed by atoms with Gasteiger partial charge in [-0.25, -0.2) is 9.98 Å². The average molecular weight is 400 g/mol. The van der Waals surface area contributed by atoms with E-state index in [-0.39, 0.29) is 5.91 Å². The van der Waals surface area contributed by atoms with Crippen LogP contribution in [-0.2, 0) is 24.2 Å². The lowest BCUT2D eigenvalue weighted by Gasteiger charge is -2.17. The number of nitrogens with one attached hydrogen (secondary N) is 2. The van der Waals surface area contributed by atoms with Gasteiger partial charge in [-0.2, -0.15) is 0 Å². The predicted molar refractivity (Wildman–Crippen MR) is 116 cm³/mol. The number of nitrogens with zero attached hydrogens (tertiary/aromatic N) is 3. The Kier molecular flexibility index (Phi) is 7.42. The van der Waals surface area contributed by atoms with E-state index in [2.05, 4.69) is 33.6 Å². The zero-order chi connectivity index (χ0) is 19.8. The van der Waals surface area contributed by atoms with E-state index in [1.54, 1.807) is 11.3 Å². The number of aryl methyl sites for hydroxylation is 1. The third-order valence-electron chi connectivity index (χ3n) is 4.71. The first-order valence-electron chi connectivity index (χ1n) is 10.0. The van der Waals surface area contributed by atoms with Crippen molar-refractivity contribution >= 4 is 28.9 Å². The van der Waals surface area contributed by atoms with Gasteiger partial charge in [0.1, 0.15) is 5.01 Å². The number of thiazole rings is 1. The molecule has 1 aliphatic rings. The van der Waals surface area contributed by atoms with Gasteiger partial charge in [-0.3, -0.25) is 4.79 Å². The Labute approximate surface area is 171 Å². The largest absolute Gasteiger partial charge is 0.357 e. The standard InChI is InChI=1S/C21H29N5OS/c1-3-17-14-24-19(28-17)15-25-21(22-4-2)23-12-7-10-20(27)26-13-11-16-8-5-6-9-18(16)26/h5-6,8-9,14H,3-4,7,10-13,15H2,1-2H3,(H2,22,23,25). The van der Waals surface area contributed by atoms with Gasteiger partial charge in [0, 0.05) is 42.8 Å². The fourth-order valence-corrected chi connectivity index (χ4v) is 4.04. The van der Waals surface area contributed by atoms with Crippen LogP contribution in [0.25, 0.3) is 0 Å². The molecule has 0 aliphatic carbocycles. The van der Waals surface area contributed by atoms with Crippen LogP contribution in [0.5, 0.6) is 0 Å². The number of amides is 1. The molecule has 1 aliphatic heterocycles. The van der Waals surface area contributed by atoms with E-state index < -0.39 is 0 Å².